The quantitative estimate of drug-likeness (QED) is 0.214. The lowest BCUT2D eigenvalue weighted by Gasteiger charge is -2.42. The molecule has 1 unspecified atom stereocenters. The summed E-state index contributed by atoms with van der Waals surface area (Å²) in [7, 11) is -1.74. The highest BCUT2D eigenvalue weighted by atomic mass is 32.2. The lowest BCUT2D eigenvalue weighted by Crippen LogP contribution is -2.56. The predicted octanol–water partition coefficient (Wildman–Crippen LogP) is 7.24. The number of carbonyl (C=O) groups is 1. The zero-order chi connectivity index (χ0) is 23.1. The molecule has 0 aliphatic heterocycles. The van der Waals surface area contributed by atoms with Crippen molar-refractivity contribution in [3.8, 4) is 5.75 Å². The molecule has 1 atom stereocenters. The average Bonchev–Trinajstić information content (AvgIpc) is 2.70. The van der Waals surface area contributed by atoms with Gasteiger partial charge in [0.25, 0.3) is 0 Å². The Morgan fingerprint density at radius 1 is 0.903 bits per heavy atom. The van der Waals surface area contributed by atoms with E-state index in [2.05, 4.69) is 90.6 Å². The lowest BCUT2D eigenvalue weighted by molar-refractivity contribution is -0.134. The van der Waals surface area contributed by atoms with E-state index in [1.807, 2.05) is 30.3 Å². The molecule has 0 aromatic heterocycles. The fraction of sp³-hybridized carbons (Fsp3) is 0.519. The van der Waals surface area contributed by atoms with Gasteiger partial charge in [-0.1, -0.05) is 102 Å². The van der Waals surface area contributed by atoms with Gasteiger partial charge in [-0.05, 0) is 40.4 Å². The van der Waals surface area contributed by atoms with Crippen LogP contribution < -0.4 is 9.92 Å². The summed E-state index contributed by atoms with van der Waals surface area (Å²) in [6.45, 7) is 16.5. The molecule has 2 aromatic carbocycles. The Balaban J connectivity index is 2.12. The maximum absolute atomic E-state index is 12.5. The molecule has 170 valence electrons. The summed E-state index contributed by atoms with van der Waals surface area (Å²) >= 11 is 2.09. The highest BCUT2D eigenvalue weighted by molar-refractivity contribution is 8.01. The van der Waals surface area contributed by atoms with Crippen molar-refractivity contribution in [2.24, 2.45) is 5.41 Å². The number of hydrogen-bond acceptors (Lipinski definition) is 3. The normalized spacial score (nSPS) is 13.5. The minimum Gasteiger partial charge on any atom is -0.427 e. The van der Waals surface area contributed by atoms with Gasteiger partial charge in [-0.2, -0.15) is 11.8 Å². The summed E-state index contributed by atoms with van der Waals surface area (Å²) < 4.78 is 5.53. The van der Waals surface area contributed by atoms with Crippen LogP contribution in [0.25, 0.3) is 0 Å². The van der Waals surface area contributed by atoms with Crippen LogP contribution in [0.5, 0.6) is 5.75 Å². The van der Waals surface area contributed by atoms with Gasteiger partial charge in [-0.3, -0.25) is 4.79 Å². The number of para-hydroxylation sites is 1. The second-order valence-electron chi connectivity index (χ2n) is 10.2. The third-order valence-corrected chi connectivity index (χ3v) is 15.9. The van der Waals surface area contributed by atoms with Crippen molar-refractivity contribution in [2.75, 3.05) is 5.38 Å². The summed E-state index contributed by atoms with van der Waals surface area (Å²) in [6.07, 6.45) is 1.29. The third-order valence-electron chi connectivity index (χ3n) is 6.45. The largest absolute Gasteiger partial charge is 0.427 e. The Bertz CT molecular complexity index is 789. The highest BCUT2D eigenvalue weighted by Crippen LogP contribution is 2.40. The second kappa shape index (κ2) is 11.4. The van der Waals surface area contributed by atoms with E-state index in [4.69, 9.17) is 4.74 Å². The Labute approximate surface area is 195 Å². The van der Waals surface area contributed by atoms with Gasteiger partial charge >= 0.3 is 5.97 Å². The van der Waals surface area contributed by atoms with Crippen LogP contribution in [0.2, 0.25) is 11.1 Å². The average molecular weight is 457 g/mol. The van der Waals surface area contributed by atoms with E-state index < -0.39 is 8.07 Å². The molecule has 0 N–H and O–H groups in total. The SMILES string of the molecule is CC(C)[Si](CSC(CCC(=O)Oc1ccccc1)C(C)(C)C)(c1ccccc1)C(C)C. The van der Waals surface area contributed by atoms with Gasteiger partial charge in [0.2, 0.25) is 0 Å². The molecule has 4 heteroatoms. The molecule has 0 aliphatic rings. The Morgan fingerprint density at radius 3 is 1.90 bits per heavy atom. The van der Waals surface area contributed by atoms with Gasteiger partial charge in [-0.15, -0.1) is 0 Å². The standard InChI is InChI=1S/C27H40O2SSi/c1-21(2)31(22(3)4,24-16-12-9-13-17-24)20-30-25(27(5,6)7)18-19-26(28)29-23-14-10-8-11-15-23/h8-17,21-22,25H,18-20H2,1-7H3. The third kappa shape index (κ3) is 6.98. The van der Waals surface area contributed by atoms with E-state index in [0.29, 0.717) is 28.5 Å². The molecule has 2 rings (SSSR count). The topological polar surface area (TPSA) is 26.3 Å². The van der Waals surface area contributed by atoms with Crippen LogP contribution >= 0.6 is 11.8 Å². The van der Waals surface area contributed by atoms with Crippen molar-refractivity contribution in [2.45, 2.75) is 77.6 Å². The Hall–Kier alpha value is -1.52. The van der Waals surface area contributed by atoms with Crippen molar-refractivity contribution in [1.29, 1.82) is 0 Å². The summed E-state index contributed by atoms with van der Waals surface area (Å²) in [5.41, 5.74) is 1.44. The Kier molecular flexibility index (Phi) is 9.44. The molecular weight excluding hydrogens is 416 g/mol. The van der Waals surface area contributed by atoms with Gasteiger partial charge in [0, 0.05) is 11.7 Å². The van der Waals surface area contributed by atoms with Crippen molar-refractivity contribution in [1.82, 2.24) is 0 Å². The van der Waals surface area contributed by atoms with E-state index in [1.54, 1.807) is 5.19 Å². The van der Waals surface area contributed by atoms with E-state index in [0.717, 1.165) is 6.42 Å². The summed E-state index contributed by atoms with van der Waals surface area (Å²) in [6, 6.07) is 20.6. The van der Waals surface area contributed by atoms with E-state index in [9.17, 15) is 4.79 Å². The fourth-order valence-corrected chi connectivity index (χ4v) is 13.9. The van der Waals surface area contributed by atoms with Gasteiger partial charge in [0.1, 0.15) is 13.8 Å². The minimum absolute atomic E-state index is 0.127. The minimum atomic E-state index is -1.74. The molecule has 2 nitrogen and oxygen atoms in total. The van der Waals surface area contributed by atoms with Gasteiger partial charge < -0.3 is 4.74 Å². The number of benzene rings is 2. The van der Waals surface area contributed by atoms with Crippen LogP contribution in [0.15, 0.2) is 60.7 Å². The molecular formula is C27H40O2SSi. The molecule has 0 heterocycles. The Morgan fingerprint density at radius 2 is 1.42 bits per heavy atom. The van der Waals surface area contributed by atoms with Crippen molar-refractivity contribution in [3.05, 3.63) is 60.7 Å². The molecule has 0 saturated heterocycles. The van der Waals surface area contributed by atoms with Gasteiger partial charge in [-0.25, -0.2) is 0 Å². The zero-order valence-electron chi connectivity index (χ0n) is 20.4. The molecule has 0 amide bonds. The first kappa shape index (κ1) is 25.7. The van der Waals surface area contributed by atoms with Crippen molar-refractivity contribution in [3.63, 3.8) is 0 Å². The molecule has 31 heavy (non-hydrogen) atoms. The van der Waals surface area contributed by atoms with Crippen molar-refractivity contribution >= 4 is 31.0 Å². The van der Waals surface area contributed by atoms with Gasteiger partial charge in [0.05, 0.1) is 0 Å². The second-order valence-corrected chi connectivity index (χ2v) is 17.2. The monoisotopic (exact) mass is 456 g/mol. The first-order chi connectivity index (χ1) is 14.6. The van der Waals surface area contributed by atoms with E-state index >= 15 is 0 Å². The number of ether oxygens (including phenoxy) is 1. The lowest BCUT2D eigenvalue weighted by atomic mass is 9.89. The van der Waals surface area contributed by atoms with Crippen LogP contribution in [-0.4, -0.2) is 24.7 Å². The summed E-state index contributed by atoms with van der Waals surface area (Å²) in [4.78, 5) is 12.5. The zero-order valence-corrected chi connectivity index (χ0v) is 22.2. The number of rotatable bonds is 10. The number of thioether (sulfide) groups is 1. The first-order valence-corrected chi connectivity index (χ1v) is 14.9. The molecule has 2 aromatic rings. The maximum Gasteiger partial charge on any atom is 0.311 e. The first-order valence-electron chi connectivity index (χ1n) is 11.5. The number of hydrogen-bond donors (Lipinski definition) is 0. The van der Waals surface area contributed by atoms with Crippen molar-refractivity contribution < 1.29 is 9.53 Å². The molecule has 0 saturated carbocycles. The van der Waals surface area contributed by atoms with Crippen LogP contribution in [0, 0.1) is 5.41 Å². The smallest absolute Gasteiger partial charge is 0.311 e. The molecule has 0 aliphatic carbocycles. The van der Waals surface area contributed by atoms with Crippen LogP contribution in [-0.2, 0) is 4.79 Å². The van der Waals surface area contributed by atoms with Gasteiger partial charge in [0.15, 0.2) is 0 Å². The molecule has 0 bridgehead atoms. The number of esters is 1. The highest BCUT2D eigenvalue weighted by Gasteiger charge is 2.42. The molecule has 0 spiro atoms. The van der Waals surface area contributed by atoms with Crippen LogP contribution in [0.1, 0.15) is 61.3 Å². The predicted molar refractivity (Wildman–Crippen MR) is 139 cm³/mol. The van der Waals surface area contributed by atoms with Crippen LogP contribution in [0.3, 0.4) is 0 Å². The molecule has 0 radical (unpaired) electrons. The fourth-order valence-electron chi connectivity index (χ4n) is 4.42. The summed E-state index contributed by atoms with van der Waals surface area (Å²) in [5, 5.41) is 3.15. The van der Waals surface area contributed by atoms with Crippen LogP contribution in [0.4, 0.5) is 0 Å². The maximum atomic E-state index is 12.5. The molecule has 0 fully saturated rings. The van der Waals surface area contributed by atoms with E-state index in [1.165, 1.54) is 5.38 Å². The van der Waals surface area contributed by atoms with E-state index in [-0.39, 0.29) is 11.4 Å². The number of carbonyl (C=O) groups excluding carboxylic acids is 1. The summed E-state index contributed by atoms with van der Waals surface area (Å²) in [5.74, 6) is 0.489.